The largest absolute Gasteiger partial charge is 0.416 e. The van der Waals surface area contributed by atoms with E-state index in [0.717, 1.165) is 18.1 Å². The summed E-state index contributed by atoms with van der Waals surface area (Å²) in [5.41, 5.74) is 0.649. The monoisotopic (exact) mass is 498 g/mol. The zero-order valence-corrected chi connectivity index (χ0v) is 19.9. The second-order valence-electron chi connectivity index (χ2n) is 8.54. The van der Waals surface area contributed by atoms with E-state index in [2.05, 4.69) is 36.7 Å². The maximum absolute atomic E-state index is 13.8. The summed E-state index contributed by atoms with van der Waals surface area (Å²) in [5, 5.41) is 0. The Morgan fingerprint density at radius 1 is 1.06 bits per heavy atom. The van der Waals surface area contributed by atoms with E-state index in [1.165, 1.54) is 0 Å². The maximum Gasteiger partial charge on any atom is 0.416 e. The molecule has 6 heteroatoms. The van der Waals surface area contributed by atoms with Gasteiger partial charge >= 0.3 is 6.18 Å². The molecule has 2 aromatic carbocycles. The van der Waals surface area contributed by atoms with Crippen molar-refractivity contribution in [3.05, 3.63) is 69.7 Å². The maximum atomic E-state index is 13.8. The number of halogens is 4. The first-order valence-electron chi connectivity index (χ1n) is 10.8. The lowest BCUT2D eigenvalue weighted by atomic mass is 9.76. The third-order valence-corrected chi connectivity index (χ3v) is 7.07. The lowest BCUT2D eigenvalue weighted by molar-refractivity contribution is -0.197. The Morgan fingerprint density at radius 3 is 2.35 bits per heavy atom. The first kappa shape index (κ1) is 24.3. The third kappa shape index (κ3) is 5.52. The van der Waals surface area contributed by atoms with E-state index in [0.29, 0.717) is 11.1 Å². The Balaban J connectivity index is 1.94. The summed E-state index contributed by atoms with van der Waals surface area (Å²) < 4.78 is 54.6. The van der Waals surface area contributed by atoms with Crippen LogP contribution in [-0.4, -0.2) is 18.3 Å². The van der Waals surface area contributed by atoms with Gasteiger partial charge in [-0.15, -0.1) is 0 Å². The highest BCUT2D eigenvalue weighted by Gasteiger charge is 2.45. The summed E-state index contributed by atoms with van der Waals surface area (Å²) >= 11 is 3.18. The second-order valence-corrected chi connectivity index (χ2v) is 9.46. The van der Waals surface area contributed by atoms with Crippen LogP contribution in [0.25, 0.3) is 0 Å². The van der Waals surface area contributed by atoms with Crippen LogP contribution in [0.5, 0.6) is 0 Å². The summed E-state index contributed by atoms with van der Waals surface area (Å²) in [6.07, 6.45) is -4.42. The van der Waals surface area contributed by atoms with Gasteiger partial charge in [-0.1, -0.05) is 80.0 Å². The Bertz CT molecular complexity index is 856. The van der Waals surface area contributed by atoms with Crippen LogP contribution in [0, 0.1) is 11.8 Å². The smallest absolute Gasteiger partial charge is 0.371 e. The Kier molecular flexibility index (Phi) is 7.87. The molecule has 2 aromatic rings. The summed E-state index contributed by atoms with van der Waals surface area (Å²) in [6.45, 7) is 8.54. The van der Waals surface area contributed by atoms with E-state index in [9.17, 15) is 13.2 Å². The van der Waals surface area contributed by atoms with Crippen LogP contribution in [-0.2, 0) is 22.3 Å². The van der Waals surface area contributed by atoms with Crippen LogP contribution in [0.15, 0.2) is 53.0 Å². The first-order valence-corrected chi connectivity index (χ1v) is 11.6. The van der Waals surface area contributed by atoms with Crippen molar-refractivity contribution in [2.24, 2.45) is 11.8 Å². The molecule has 2 nitrogen and oxygen atoms in total. The SMILES string of the molecule is CCC1O[C@H]([C@@H](C)c2ccc(Br)cc2C(F)(F)F)C(OCc2ccccc2)[C@@H](C)[C@@H]1C. The summed E-state index contributed by atoms with van der Waals surface area (Å²) in [7, 11) is 0. The minimum atomic E-state index is -4.44. The van der Waals surface area contributed by atoms with Crippen molar-refractivity contribution in [1.29, 1.82) is 0 Å². The van der Waals surface area contributed by atoms with E-state index < -0.39 is 23.8 Å². The molecule has 6 atom stereocenters. The minimum absolute atomic E-state index is 0.0104. The molecule has 1 fully saturated rings. The van der Waals surface area contributed by atoms with Crippen molar-refractivity contribution in [1.82, 2.24) is 0 Å². The standard InChI is InChI=1S/C25H30BrF3O2/c1-5-22-15(2)16(3)23(30-14-18-9-7-6-8-10-18)24(31-22)17(4)20-12-11-19(26)13-21(20)25(27,28)29/h6-13,15-17,22-24H,5,14H2,1-4H3/t15-,16-,17-,22?,23?,24+/m0/s1. The molecule has 31 heavy (non-hydrogen) atoms. The van der Waals surface area contributed by atoms with Crippen LogP contribution in [0.3, 0.4) is 0 Å². The van der Waals surface area contributed by atoms with Gasteiger partial charge in [0.1, 0.15) is 0 Å². The molecule has 1 aliphatic heterocycles. The molecule has 0 aliphatic carbocycles. The highest BCUT2D eigenvalue weighted by Crippen LogP contribution is 2.43. The molecule has 0 amide bonds. The van der Waals surface area contributed by atoms with Crippen molar-refractivity contribution in [2.75, 3.05) is 0 Å². The van der Waals surface area contributed by atoms with Gasteiger partial charge in [-0.25, -0.2) is 0 Å². The molecule has 0 spiro atoms. The fourth-order valence-corrected chi connectivity index (χ4v) is 4.93. The van der Waals surface area contributed by atoms with Crippen molar-refractivity contribution < 1.29 is 22.6 Å². The first-order chi connectivity index (χ1) is 14.6. The molecule has 0 saturated carbocycles. The fourth-order valence-electron chi connectivity index (χ4n) is 4.57. The summed E-state index contributed by atoms with van der Waals surface area (Å²) in [6, 6.07) is 14.2. The van der Waals surface area contributed by atoms with Crippen molar-refractivity contribution in [3.63, 3.8) is 0 Å². The molecule has 2 unspecified atom stereocenters. The molecule has 0 N–H and O–H groups in total. The lowest BCUT2D eigenvalue weighted by Crippen LogP contribution is -2.52. The van der Waals surface area contributed by atoms with Crippen LogP contribution in [0.4, 0.5) is 13.2 Å². The van der Waals surface area contributed by atoms with Crippen LogP contribution in [0.2, 0.25) is 0 Å². The normalized spacial score (nSPS) is 27.8. The highest BCUT2D eigenvalue weighted by atomic mass is 79.9. The number of ether oxygens (including phenoxy) is 2. The summed E-state index contributed by atoms with van der Waals surface area (Å²) in [5.74, 6) is -0.0737. The third-order valence-electron chi connectivity index (χ3n) is 6.58. The van der Waals surface area contributed by atoms with Crippen LogP contribution in [0.1, 0.15) is 56.7 Å². The van der Waals surface area contributed by atoms with Gasteiger partial charge < -0.3 is 9.47 Å². The Hall–Kier alpha value is -1.37. The molecular weight excluding hydrogens is 469 g/mol. The zero-order valence-electron chi connectivity index (χ0n) is 18.3. The average molecular weight is 499 g/mol. The second kappa shape index (κ2) is 10.1. The van der Waals surface area contributed by atoms with E-state index in [4.69, 9.17) is 9.47 Å². The van der Waals surface area contributed by atoms with Crippen molar-refractivity contribution in [3.8, 4) is 0 Å². The molecule has 1 aliphatic rings. The molecule has 0 aromatic heterocycles. The fraction of sp³-hybridized carbons (Fsp3) is 0.520. The number of hydrogen-bond acceptors (Lipinski definition) is 2. The van der Waals surface area contributed by atoms with E-state index in [1.807, 2.05) is 37.3 Å². The predicted molar refractivity (Wildman–Crippen MR) is 120 cm³/mol. The number of alkyl halides is 3. The predicted octanol–water partition coefficient (Wildman–Crippen LogP) is 7.61. The summed E-state index contributed by atoms with van der Waals surface area (Å²) in [4.78, 5) is 0. The van der Waals surface area contributed by atoms with Gasteiger partial charge in [0.2, 0.25) is 0 Å². The number of rotatable bonds is 6. The lowest BCUT2D eigenvalue weighted by Gasteiger charge is -2.47. The Labute approximate surface area is 191 Å². The van der Waals surface area contributed by atoms with Crippen molar-refractivity contribution in [2.45, 2.75) is 71.1 Å². The molecule has 1 saturated heterocycles. The van der Waals surface area contributed by atoms with E-state index in [-0.39, 0.29) is 29.6 Å². The van der Waals surface area contributed by atoms with Gasteiger partial charge in [-0.05, 0) is 41.5 Å². The number of benzene rings is 2. The van der Waals surface area contributed by atoms with Gasteiger partial charge in [0.15, 0.2) is 0 Å². The Morgan fingerprint density at radius 2 is 1.74 bits per heavy atom. The average Bonchev–Trinajstić information content (AvgIpc) is 2.74. The van der Waals surface area contributed by atoms with Gasteiger partial charge in [0, 0.05) is 10.4 Å². The molecule has 1 heterocycles. The quantitative estimate of drug-likeness (QED) is 0.407. The minimum Gasteiger partial charge on any atom is -0.371 e. The molecular formula is C25H30BrF3O2. The van der Waals surface area contributed by atoms with Gasteiger partial charge in [0.25, 0.3) is 0 Å². The topological polar surface area (TPSA) is 18.5 Å². The highest BCUT2D eigenvalue weighted by molar-refractivity contribution is 9.10. The molecule has 0 radical (unpaired) electrons. The molecule has 3 rings (SSSR count). The van der Waals surface area contributed by atoms with Gasteiger partial charge in [-0.3, -0.25) is 0 Å². The zero-order chi connectivity index (χ0) is 22.8. The van der Waals surface area contributed by atoms with Crippen molar-refractivity contribution >= 4 is 15.9 Å². The van der Waals surface area contributed by atoms with Crippen LogP contribution < -0.4 is 0 Å². The molecule has 170 valence electrons. The van der Waals surface area contributed by atoms with E-state index >= 15 is 0 Å². The van der Waals surface area contributed by atoms with Gasteiger partial charge in [-0.2, -0.15) is 13.2 Å². The molecule has 0 bridgehead atoms. The number of hydrogen-bond donors (Lipinski definition) is 0. The van der Waals surface area contributed by atoms with Crippen LogP contribution >= 0.6 is 15.9 Å². The van der Waals surface area contributed by atoms with Gasteiger partial charge in [0.05, 0.1) is 30.5 Å². The van der Waals surface area contributed by atoms with E-state index in [1.54, 1.807) is 12.1 Å².